The Balaban J connectivity index is 2.81. The third-order valence-corrected chi connectivity index (χ3v) is 1.22. The van der Waals surface area contributed by atoms with Gasteiger partial charge in [0.1, 0.15) is 5.82 Å². The lowest BCUT2D eigenvalue weighted by atomic mass is 10.2. The molecule has 1 aromatic rings. The van der Waals surface area contributed by atoms with Crippen LogP contribution in [0.25, 0.3) is 0 Å². The summed E-state index contributed by atoms with van der Waals surface area (Å²) in [5.41, 5.74) is 0.650. The van der Waals surface area contributed by atoms with E-state index >= 15 is 0 Å². The van der Waals surface area contributed by atoms with Gasteiger partial charge in [-0.2, -0.15) is 0 Å². The molecule has 0 radical (unpaired) electrons. The molecule has 2 nitrogen and oxygen atoms in total. The SMILES string of the molecule is CNCc1ccncc1F. The second-order valence-corrected chi connectivity index (χ2v) is 2.00. The van der Waals surface area contributed by atoms with Crippen molar-refractivity contribution < 1.29 is 4.39 Å². The standard InChI is InChI=1S/C7H9FN2/c1-9-4-6-2-3-10-5-7(6)8/h2-3,5,9H,4H2,1H3. The smallest absolute Gasteiger partial charge is 0.145 e. The quantitative estimate of drug-likeness (QED) is 0.661. The number of rotatable bonds is 2. The largest absolute Gasteiger partial charge is 0.316 e. The Morgan fingerprint density at radius 1 is 1.70 bits per heavy atom. The molecule has 0 saturated heterocycles. The van der Waals surface area contributed by atoms with E-state index in [4.69, 9.17) is 0 Å². The molecule has 54 valence electrons. The van der Waals surface area contributed by atoms with Gasteiger partial charge in [-0.05, 0) is 13.1 Å². The summed E-state index contributed by atoms with van der Waals surface area (Å²) in [5, 5.41) is 2.86. The van der Waals surface area contributed by atoms with Crippen LogP contribution in [0.3, 0.4) is 0 Å². The van der Waals surface area contributed by atoms with Gasteiger partial charge in [0, 0.05) is 18.3 Å². The maximum absolute atomic E-state index is 12.7. The van der Waals surface area contributed by atoms with Gasteiger partial charge in [-0.25, -0.2) is 4.39 Å². The van der Waals surface area contributed by atoms with E-state index in [-0.39, 0.29) is 5.82 Å². The first kappa shape index (κ1) is 7.15. The Kier molecular flexibility index (Phi) is 2.34. The van der Waals surface area contributed by atoms with Crippen LogP contribution >= 0.6 is 0 Å². The van der Waals surface area contributed by atoms with Crippen molar-refractivity contribution in [1.29, 1.82) is 0 Å². The maximum atomic E-state index is 12.7. The van der Waals surface area contributed by atoms with Crippen molar-refractivity contribution in [2.45, 2.75) is 6.54 Å². The summed E-state index contributed by atoms with van der Waals surface area (Å²) in [4.78, 5) is 3.62. The summed E-state index contributed by atoms with van der Waals surface area (Å²) in [5.74, 6) is -0.253. The van der Waals surface area contributed by atoms with Gasteiger partial charge >= 0.3 is 0 Å². The highest BCUT2D eigenvalue weighted by molar-refractivity contribution is 5.11. The van der Waals surface area contributed by atoms with Crippen LogP contribution in [0.1, 0.15) is 5.56 Å². The van der Waals surface area contributed by atoms with Gasteiger partial charge in [-0.1, -0.05) is 0 Å². The van der Waals surface area contributed by atoms with E-state index in [1.807, 2.05) is 0 Å². The zero-order chi connectivity index (χ0) is 7.40. The summed E-state index contributed by atoms with van der Waals surface area (Å²) in [6, 6.07) is 1.66. The molecule has 0 atom stereocenters. The van der Waals surface area contributed by atoms with Crippen molar-refractivity contribution in [1.82, 2.24) is 10.3 Å². The van der Waals surface area contributed by atoms with Crippen LogP contribution in [0.2, 0.25) is 0 Å². The van der Waals surface area contributed by atoms with Gasteiger partial charge in [-0.3, -0.25) is 4.98 Å². The van der Waals surface area contributed by atoms with Crippen LogP contribution in [0, 0.1) is 5.82 Å². The molecule has 0 fully saturated rings. The lowest BCUT2D eigenvalue weighted by Crippen LogP contribution is -2.06. The Labute approximate surface area is 59.1 Å². The van der Waals surface area contributed by atoms with E-state index in [1.165, 1.54) is 6.20 Å². The van der Waals surface area contributed by atoms with Gasteiger partial charge in [0.2, 0.25) is 0 Å². The van der Waals surface area contributed by atoms with Crippen LogP contribution in [0.5, 0.6) is 0 Å². The van der Waals surface area contributed by atoms with E-state index < -0.39 is 0 Å². The molecule has 0 amide bonds. The zero-order valence-corrected chi connectivity index (χ0v) is 5.76. The van der Waals surface area contributed by atoms with Gasteiger partial charge in [0.15, 0.2) is 0 Å². The van der Waals surface area contributed by atoms with Crippen LogP contribution in [-0.4, -0.2) is 12.0 Å². The summed E-state index contributed by atoms with van der Waals surface area (Å²) in [7, 11) is 1.78. The third kappa shape index (κ3) is 1.51. The molecule has 10 heavy (non-hydrogen) atoms. The Hall–Kier alpha value is -0.960. The van der Waals surface area contributed by atoms with Gasteiger partial charge in [-0.15, -0.1) is 0 Å². The predicted molar refractivity (Wildman–Crippen MR) is 37.0 cm³/mol. The van der Waals surface area contributed by atoms with Crippen molar-refractivity contribution in [3.8, 4) is 0 Å². The fourth-order valence-electron chi connectivity index (χ4n) is 0.738. The van der Waals surface area contributed by atoms with Crippen LogP contribution < -0.4 is 5.32 Å². The number of hydrogen-bond donors (Lipinski definition) is 1. The molecule has 1 heterocycles. The van der Waals surface area contributed by atoms with Crippen molar-refractivity contribution >= 4 is 0 Å². The first-order valence-electron chi connectivity index (χ1n) is 3.07. The lowest BCUT2D eigenvalue weighted by molar-refractivity contribution is 0.594. The minimum absolute atomic E-state index is 0.253. The van der Waals surface area contributed by atoms with Crippen LogP contribution in [0.15, 0.2) is 18.5 Å². The van der Waals surface area contributed by atoms with Crippen molar-refractivity contribution in [3.63, 3.8) is 0 Å². The molecule has 0 unspecified atom stereocenters. The monoisotopic (exact) mass is 140 g/mol. The van der Waals surface area contributed by atoms with Crippen molar-refractivity contribution in [2.24, 2.45) is 0 Å². The molecule has 0 aromatic carbocycles. The number of pyridine rings is 1. The number of nitrogens with one attached hydrogen (secondary N) is 1. The van der Waals surface area contributed by atoms with E-state index in [9.17, 15) is 4.39 Å². The highest BCUT2D eigenvalue weighted by Gasteiger charge is 1.97. The summed E-state index contributed by atoms with van der Waals surface area (Å²) in [6.45, 7) is 0.550. The Bertz CT molecular complexity index is 213. The van der Waals surface area contributed by atoms with Gasteiger partial charge < -0.3 is 5.32 Å². The molecule has 0 spiro atoms. The fraction of sp³-hybridized carbons (Fsp3) is 0.286. The molecular weight excluding hydrogens is 131 g/mol. The summed E-state index contributed by atoms with van der Waals surface area (Å²) >= 11 is 0. The molecule has 0 aliphatic carbocycles. The van der Waals surface area contributed by atoms with E-state index in [0.29, 0.717) is 12.1 Å². The number of hydrogen-bond acceptors (Lipinski definition) is 2. The second kappa shape index (κ2) is 3.27. The molecule has 3 heteroatoms. The topological polar surface area (TPSA) is 24.9 Å². The fourth-order valence-corrected chi connectivity index (χ4v) is 0.738. The highest BCUT2D eigenvalue weighted by atomic mass is 19.1. The van der Waals surface area contributed by atoms with Crippen LogP contribution in [0.4, 0.5) is 4.39 Å². The van der Waals surface area contributed by atoms with Crippen molar-refractivity contribution in [2.75, 3.05) is 7.05 Å². The number of aromatic nitrogens is 1. The molecule has 0 aliphatic rings. The Morgan fingerprint density at radius 3 is 3.10 bits per heavy atom. The van der Waals surface area contributed by atoms with E-state index in [0.717, 1.165) is 0 Å². The van der Waals surface area contributed by atoms with E-state index in [2.05, 4.69) is 10.3 Å². The number of nitrogens with zero attached hydrogens (tertiary/aromatic N) is 1. The average Bonchev–Trinajstić information content (AvgIpc) is 1.94. The number of halogens is 1. The average molecular weight is 140 g/mol. The molecule has 1 aromatic heterocycles. The normalized spacial score (nSPS) is 9.80. The molecule has 0 bridgehead atoms. The van der Waals surface area contributed by atoms with Gasteiger partial charge in [0.05, 0.1) is 6.20 Å². The molecule has 1 rings (SSSR count). The minimum Gasteiger partial charge on any atom is -0.316 e. The maximum Gasteiger partial charge on any atom is 0.145 e. The lowest BCUT2D eigenvalue weighted by Gasteiger charge is -1.98. The predicted octanol–water partition coefficient (Wildman–Crippen LogP) is 0.940. The van der Waals surface area contributed by atoms with E-state index in [1.54, 1.807) is 19.3 Å². The molecular formula is C7H9FN2. The zero-order valence-electron chi connectivity index (χ0n) is 5.76. The second-order valence-electron chi connectivity index (χ2n) is 2.00. The third-order valence-electron chi connectivity index (χ3n) is 1.22. The Morgan fingerprint density at radius 2 is 2.50 bits per heavy atom. The first-order valence-corrected chi connectivity index (χ1v) is 3.07. The molecule has 1 N–H and O–H groups in total. The highest BCUT2D eigenvalue weighted by Crippen LogP contribution is 2.02. The van der Waals surface area contributed by atoms with Gasteiger partial charge in [0.25, 0.3) is 0 Å². The molecule has 0 aliphatic heterocycles. The minimum atomic E-state index is -0.253. The first-order chi connectivity index (χ1) is 4.84. The van der Waals surface area contributed by atoms with Crippen molar-refractivity contribution in [3.05, 3.63) is 29.8 Å². The molecule has 0 saturated carbocycles. The summed E-state index contributed by atoms with van der Waals surface area (Å²) in [6.07, 6.45) is 2.79. The van der Waals surface area contributed by atoms with Crippen LogP contribution in [-0.2, 0) is 6.54 Å². The summed E-state index contributed by atoms with van der Waals surface area (Å²) < 4.78 is 12.7.